The number of hydrogen-bond donors (Lipinski definition) is 6. The van der Waals surface area contributed by atoms with E-state index in [0.717, 1.165) is 55.0 Å². The first-order valence-electron chi connectivity index (χ1n) is 9.23. The summed E-state index contributed by atoms with van der Waals surface area (Å²) in [7, 11) is 0. The fraction of sp³-hybridized carbons (Fsp3) is 0.421. The van der Waals surface area contributed by atoms with Crippen LogP contribution in [0.4, 0.5) is 0 Å². The third-order valence-corrected chi connectivity index (χ3v) is 4.54. The summed E-state index contributed by atoms with van der Waals surface area (Å²) in [4.78, 5) is 4.43. The molecule has 2 aliphatic rings. The maximum atomic E-state index is 10.2. The molecule has 0 saturated carbocycles. The number of rotatable bonds is 6. The van der Waals surface area contributed by atoms with Gasteiger partial charge in [0.25, 0.3) is 0 Å². The number of para-hydroxylation sites is 1. The van der Waals surface area contributed by atoms with Gasteiger partial charge in [0.1, 0.15) is 17.3 Å². The molecule has 1 saturated heterocycles. The summed E-state index contributed by atoms with van der Waals surface area (Å²) in [5, 5.41) is 17.1. The summed E-state index contributed by atoms with van der Waals surface area (Å²) in [5.41, 5.74) is 15.6. The Kier molecular flexibility index (Phi) is 6.01. The molecular weight excluding hydrogens is 328 g/mol. The molecule has 0 radical (unpaired) electrons. The lowest BCUT2D eigenvalue weighted by Gasteiger charge is -2.30. The first-order chi connectivity index (χ1) is 12.7. The van der Waals surface area contributed by atoms with Gasteiger partial charge in [0.15, 0.2) is 0 Å². The number of phenolic OH excluding ortho intramolecular Hbond substituents is 1. The van der Waals surface area contributed by atoms with E-state index < -0.39 is 0 Å². The summed E-state index contributed by atoms with van der Waals surface area (Å²) < 4.78 is 0. The number of phenols is 1. The molecule has 0 aliphatic carbocycles. The Morgan fingerprint density at radius 1 is 1.27 bits per heavy atom. The molecule has 0 atom stereocenters. The summed E-state index contributed by atoms with van der Waals surface area (Å²) in [6, 6.07) is 7.63. The lowest BCUT2D eigenvalue weighted by molar-refractivity contribution is 0.412. The van der Waals surface area contributed by atoms with Gasteiger partial charge in [0.2, 0.25) is 0 Å². The standard InChI is InChI=1S/C19H28N6O/c1-2-9-22-19(20)18-16(23-13-7-10-21-11-8-13)12-15(24-25-18)14-5-3-4-6-17(14)26/h3-6,12-13,21,23-26H,2,7-11H2,1H3,(H2,20,22). The molecule has 0 amide bonds. The number of nitrogens with two attached hydrogens (primary N) is 1. The van der Waals surface area contributed by atoms with E-state index in [1.165, 1.54) is 0 Å². The van der Waals surface area contributed by atoms with Crippen molar-refractivity contribution in [2.24, 2.45) is 10.7 Å². The van der Waals surface area contributed by atoms with Crippen molar-refractivity contribution in [1.82, 2.24) is 21.5 Å². The van der Waals surface area contributed by atoms with Crippen molar-refractivity contribution >= 4 is 11.5 Å². The van der Waals surface area contributed by atoms with Crippen LogP contribution in [0.2, 0.25) is 0 Å². The minimum absolute atomic E-state index is 0.227. The number of benzene rings is 1. The maximum Gasteiger partial charge on any atom is 0.146 e. The van der Waals surface area contributed by atoms with E-state index in [2.05, 4.69) is 33.4 Å². The van der Waals surface area contributed by atoms with E-state index in [0.29, 0.717) is 18.4 Å². The van der Waals surface area contributed by atoms with E-state index in [1.54, 1.807) is 12.1 Å². The van der Waals surface area contributed by atoms with Crippen LogP contribution >= 0.6 is 0 Å². The Hall–Kier alpha value is -2.67. The first-order valence-corrected chi connectivity index (χ1v) is 9.23. The van der Waals surface area contributed by atoms with Crippen molar-refractivity contribution in [2.45, 2.75) is 32.2 Å². The highest BCUT2D eigenvalue weighted by Crippen LogP contribution is 2.25. The zero-order valence-corrected chi connectivity index (χ0v) is 15.2. The first kappa shape index (κ1) is 18.1. The van der Waals surface area contributed by atoms with Gasteiger partial charge < -0.3 is 21.5 Å². The predicted octanol–water partition coefficient (Wildman–Crippen LogP) is 1.16. The quantitative estimate of drug-likeness (QED) is 0.337. The number of allylic oxidation sites excluding steroid dienone is 1. The summed E-state index contributed by atoms with van der Waals surface area (Å²) in [6.45, 7) is 4.76. The Balaban J connectivity index is 1.93. The zero-order valence-electron chi connectivity index (χ0n) is 15.2. The molecule has 3 rings (SSSR count). The zero-order chi connectivity index (χ0) is 18.4. The minimum Gasteiger partial charge on any atom is -0.507 e. The molecule has 1 fully saturated rings. The van der Waals surface area contributed by atoms with Gasteiger partial charge in [-0.25, -0.2) is 0 Å². The fourth-order valence-electron chi connectivity index (χ4n) is 3.11. The highest BCUT2D eigenvalue weighted by atomic mass is 16.3. The number of aliphatic imine (C=N–C) groups is 1. The Labute approximate surface area is 154 Å². The molecule has 140 valence electrons. The van der Waals surface area contributed by atoms with Crippen LogP contribution in [0.1, 0.15) is 31.7 Å². The van der Waals surface area contributed by atoms with Gasteiger partial charge in [-0.1, -0.05) is 19.1 Å². The molecule has 1 aromatic carbocycles. The van der Waals surface area contributed by atoms with E-state index in [9.17, 15) is 5.11 Å². The molecule has 2 aliphatic heterocycles. The summed E-state index contributed by atoms with van der Waals surface area (Å²) in [5.74, 6) is 0.703. The normalized spacial score (nSPS) is 18.8. The van der Waals surface area contributed by atoms with Crippen LogP contribution in [0.3, 0.4) is 0 Å². The van der Waals surface area contributed by atoms with Gasteiger partial charge in [-0.05, 0) is 50.6 Å². The van der Waals surface area contributed by atoms with E-state index in [1.807, 2.05) is 18.2 Å². The number of nitrogens with zero attached hydrogens (tertiary/aromatic N) is 1. The number of hydrogen-bond acceptors (Lipinski definition) is 6. The largest absolute Gasteiger partial charge is 0.507 e. The van der Waals surface area contributed by atoms with Crippen LogP contribution < -0.4 is 27.2 Å². The van der Waals surface area contributed by atoms with Gasteiger partial charge in [-0.2, -0.15) is 0 Å². The number of aromatic hydroxyl groups is 1. The third-order valence-electron chi connectivity index (χ3n) is 4.54. The second-order valence-corrected chi connectivity index (χ2v) is 6.55. The molecule has 0 spiro atoms. The number of nitrogens with one attached hydrogen (secondary N) is 4. The molecule has 7 heteroatoms. The van der Waals surface area contributed by atoms with Crippen LogP contribution in [-0.4, -0.2) is 36.6 Å². The summed E-state index contributed by atoms with van der Waals surface area (Å²) >= 11 is 0. The summed E-state index contributed by atoms with van der Waals surface area (Å²) in [6.07, 6.45) is 5.03. The second-order valence-electron chi connectivity index (χ2n) is 6.55. The van der Waals surface area contributed by atoms with Crippen molar-refractivity contribution in [2.75, 3.05) is 19.6 Å². The number of hydrazine groups is 1. The smallest absolute Gasteiger partial charge is 0.146 e. The molecule has 7 N–H and O–H groups in total. The molecule has 7 nitrogen and oxygen atoms in total. The SMILES string of the molecule is CCCN=C(N)C1=C(NC2CCNCC2)C=C(c2ccccc2O)NN1. The Morgan fingerprint density at radius 2 is 2.04 bits per heavy atom. The monoisotopic (exact) mass is 356 g/mol. The molecule has 0 aromatic heterocycles. The van der Waals surface area contributed by atoms with Crippen molar-refractivity contribution in [3.63, 3.8) is 0 Å². The Morgan fingerprint density at radius 3 is 2.77 bits per heavy atom. The lowest BCUT2D eigenvalue weighted by Crippen LogP contribution is -2.45. The topological polar surface area (TPSA) is 107 Å². The molecule has 26 heavy (non-hydrogen) atoms. The van der Waals surface area contributed by atoms with E-state index in [-0.39, 0.29) is 5.75 Å². The highest BCUT2D eigenvalue weighted by Gasteiger charge is 2.21. The fourth-order valence-corrected chi connectivity index (χ4v) is 3.11. The van der Waals surface area contributed by atoms with Gasteiger partial charge in [0.05, 0.1) is 11.4 Å². The average Bonchev–Trinajstić information content (AvgIpc) is 2.67. The van der Waals surface area contributed by atoms with Crippen LogP contribution in [0.25, 0.3) is 5.70 Å². The van der Waals surface area contributed by atoms with Gasteiger partial charge >= 0.3 is 0 Å². The van der Waals surface area contributed by atoms with Gasteiger partial charge in [-0.15, -0.1) is 0 Å². The van der Waals surface area contributed by atoms with Crippen LogP contribution in [0.15, 0.2) is 46.7 Å². The van der Waals surface area contributed by atoms with Crippen molar-refractivity contribution in [3.05, 3.63) is 47.3 Å². The van der Waals surface area contributed by atoms with Crippen LogP contribution in [0.5, 0.6) is 5.75 Å². The van der Waals surface area contributed by atoms with E-state index in [4.69, 9.17) is 5.73 Å². The van der Waals surface area contributed by atoms with Crippen molar-refractivity contribution in [3.8, 4) is 5.75 Å². The van der Waals surface area contributed by atoms with Crippen molar-refractivity contribution in [1.29, 1.82) is 0 Å². The Bertz CT molecular complexity index is 718. The third kappa shape index (κ3) is 4.29. The van der Waals surface area contributed by atoms with Crippen molar-refractivity contribution < 1.29 is 5.11 Å². The lowest BCUT2D eigenvalue weighted by atomic mass is 10.0. The average molecular weight is 356 g/mol. The predicted molar refractivity (Wildman–Crippen MR) is 105 cm³/mol. The molecule has 1 aromatic rings. The molecule has 2 heterocycles. The van der Waals surface area contributed by atoms with E-state index >= 15 is 0 Å². The minimum atomic E-state index is 0.227. The van der Waals surface area contributed by atoms with Crippen LogP contribution in [0, 0.1) is 0 Å². The molecular formula is C19H28N6O. The number of amidine groups is 1. The second kappa shape index (κ2) is 8.62. The van der Waals surface area contributed by atoms with Gasteiger partial charge in [0, 0.05) is 18.2 Å². The molecule has 0 bridgehead atoms. The highest BCUT2D eigenvalue weighted by molar-refractivity contribution is 5.98. The van der Waals surface area contributed by atoms with Gasteiger partial charge in [-0.3, -0.25) is 15.8 Å². The molecule has 0 unspecified atom stereocenters. The maximum absolute atomic E-state index is 10.2. The van der Waals surface area contributed by atoms with Crippen LogP contribution in [-0.2, 0) is 0 Å². The number of piperidine rings is 1.